The number of carbonyl (C=O) groups is 1. The molecule has 0 unspecified atom stereocenters. The third-order valence-corrected chi connectivity index (χ3v) is 4.41. The van der Waals surface area contributed by atoms with Crippen LogP contribution in [-0.2, 0) is 4.74 Å². The van der Waals surface area contributed by atoms with E-state index in [4.69, 9.17) is 4.74 Å². The molecule has 0 saturated carbocycles. The maximum Gasteiger partial charge on any atom is 0.412 e. The van der Waals surface area contributed by atoms with Crippen molar-refractivity contribution in [2.45, 2.75) is 26.4 Å². The second-order valence-electron chi connectivity index (χ2n) is 7.99. The molecule has 0 fully saturated rings. The molecule has 0 radical (unpaired) electrons. The summed E-state index contributed by atoms with van der Waals surface area (Å²) in [5.74, 6) is 0.634. The molecule has 0 aliphatic heterocycles. The number of aromatic nitrogens is 4. The van der Waals surface area contributed by atoms with Crippen LogP contribution < -0.4 is 5.32 Å². The van der Waals surface area contributed by atoms with Crippen LogP contribution >= 0.6 is 0 Å². The number of nitrogens with one attached hydrogen (secondary N) is 2. The van der Waals surface area contributed by atoms with Crippen molar-refractivity contribution >= 4 is 11.8 Å². The summed E-state index contributed by atoms with van der Waals surface area (Å²) in [6.07, 6.45) is 6.27. The van der Waals surface area contributed by atoms with Crippen molar-refractivity contribution in [2.24, 2.45) is 0 Å². The quantitative estimate of drug-likeness (QED) is 0.458. The van der Waals surface area contributed by atoms with Gasteiger partial charge in [0.15, 0.2) is 5.82 Å². The van der Waals surface area contributed by atoms with Crippen molar-refractivity contribution in [1.29, 1.82) is 0 Å². The molecular formula is C24H23N5O2. The highest BCUT2D eigenvalue weighted by molar-refractivity contribution is 5.88. The summed E-state index contributed by atoms with van der Waals surface area (Å²) in [6.45, 7) is 5.45. The van der Waals surface area contributed by atoms with E-state index in [1.54, 1.807) is 24.8 Å². The van der Waals surface area contributed by atoms with E-state index in [0.29, 0.717) is 17.2 Å². The summed E-state index contributed by atoms with van der Waals surface area (Å²) < 4.78 is 5.35. The number of rotatable bonds is 4. The number of amides is 1. The zero-order chi connectivity index (χ0) is 21.8. The molecule has 7 nitrogen and oxygen atoms in total. The highest BCUT2D eigenvalue weighted by Gasteiger charge is 2.18. The summed E-state index contributed by atoms with van der Waals surface area (Å²) in [7, 11) is 0. The molecular weight excluding hydrogens is 390 g/mol. The molecule has 0 aliphatic rings. The summed E-state index contributed by atoms with van der Waals surface area (Å²) in [5.41, 5.74) is 4.26. The van der Waals surface area contributed by atoms with E-state index in [9.17, 15) is 4.79 Å². The molecule has 0 aliphatic carbocycles. The largest absolute Gasteiger partial charge is 0.444 e. The fourth-order valence-corrected chi connectivity index (χ4v) is 3.10. The molecule has 1 aromatic carbocycles. The summed E-state index contributed by atoms with van der Waals surface area (Å²) in [6, 6.07) is 15.6. The molecule has 0 bridgehead atoms. The molecule has 2 N–H and O–H groups in total. The average molecular weight is 413 g/mol. The summed E-state index contributed by atoms with van der Waals surface area (Å²) >= 11 is 0. The van der Waals surface area contributed by atoms with E-state index in [1.807, 2.05) is 69.3 Å². The lowest BCUT2D eigenvalue weighted by molar-refractivity contribution is 0.0636. The van der Waals surface area contributed by atoms with Gasteiger partial charge in [0, 0.05) is 18.0 Å². The van der Waals surface area contributed by atoms with Crippen LogP contribution in [0, 0.1) is 0 Å². The van der Waals surface area contributed by atoms with Gasteiger partial charge in [-0.1, -0.05) is 30.3 Å². The number of hydrogen-bond donors (Lipinski definition) is 2. The van der Waals surface area contributed by atoms with E-state index < -0.39 is 11.7 Å². The molecule has 4 aromatic rings. The Balaban J connectivity index is 1.71. The summed E-state index contributed by atoms with van der Waals surface area (Å²) in [4.78, 5) is 28.8. The molecule has 0 atom stereocenters. The second kappa shape index (κ2) is 8.39. The topological polar surface area (TPSA) is 92.8 Å². The fourth-order valence-electron chi connectivity index (χ4n) is 3.10. The number of anilines is 1. The van der Waals surface area contributed by atoms with Crippen LogP contribution in [0.2, 0.25) is 0 Å². The van der Waals surface area contributed by atoms with Gasteiger partial charge in [0.2, 0.25) is 0 Å². The average Bonchev–Trinajstić information content (AvgIpc) is 3.24. The van der Waals surface area contributed by atoms with Crippen molar-refractivity contribution in [3.8, 4) is 33.9 Å². The molecule has 0 spiro atoms. The fraction of sp³-hybridized carbons (Fsp3) is 0.167. The molecule has 1 amide bonds. The SMILES string of the molecule is CC(C)(C)OC(=O)Nc1cnc(-c2ncc(-c3ccccc3)[nH]2)c(-c2ccncc2)c1. The molecule has 0 saturated heterocycles. The van der Waals surface area contributed by atoms with Gasteiger partial charge in [-0.3, -0.25) is 15.3 Å². The number of nitrogens with zero attached hydrogens (tertiary/aromatic N) is 3. The lowest BCUT2D eigenvalue weighted by atomic mass is 10.0. The van der Waals surface area contributed by atoms with Gasteiger partial charge in [0.1, 0.15) is 11.3 Å². The molecule has 156 valence electrons. The maximum absolute atomic E-state index is 12.2. The molecule has 7 heteroatoms. The van der Waals surface area contributed by atoms with Crippen LogP contribution in [-0.4, -0.2) is 31.6 Å². The molecule has 4 rings (SSSR count). The zero-order valence-electron chi connectivity index (χ0n) is 17.6. The number of carbonyl (C=O) groups excluding carboxylic acids is 1. The lowest BCUT2D eigenvalue weighted by Crippen LogP contribution is -2.27. The van der Waals surface area contributed by atoms with Gasteiger partial charge in [0.05, 0.1) is 23.8 Å². The Morgan fingerprint density at radius 2 is 1.71 bits per heavy atom. The van der Waals surface area contributed by atoms with Crippen LogP contribution in [0.4, 0.5) is 10.5 Å². The van der Waals surface area contributed by atoms with Gasteiger partial charge in [0.25, 0.3) is 0 Å². The van der Waals surface area contributed by atoms with Crippen molar-refractivity contribution in [3.05, 3.63) is 73.3 Å². The van der Waals surface area contributed by atoms with E-state index in [-0.39, 0.29) is 0 Å². The monoisotopic (exact) mass is 413 g/mol. The minimum Gasteiger partial charge on any atom is -0.444 e. The standard InChI is InChI=1S/C24H23N5O2/c1-24(2,3)31-23(30)28-18-13-19(16-9-11-25-12-10-16)21(26-14-18)22-27-15-20(29-22)17-7-5-4-6-8-17/h4-15H,1-3H3,(H,27,29)(H,28,30). The van der Waals surface area contributed by atoms with Gasteiger partial charge in [-0.25, -0.2) is 9.78 Å². The highest BCUT2D eigenvalue weighted by Crippen LogP contribution is 2.32. The number of benzene rings is 1. The number of aromatic amines is 1. The first-order valence-electron chi connectivity index (χ1n) is 9.90. The van der Waals surface area contributed by atoms with Crippen molar-refractivity contribution in [1.82, 2.24) is 19.9 Å². The first-order chi connectivity index (χ1) is 14.9. The Morgan fingerprint density at radius 3 is 2.42 bits per heavy atom. The van der Waals surface area contributed by atoms with Gasteiger partial charge < -0.3 is 9.72 Å². The molecule has 3 aromatic heterocycles. The number of H-pyrrole nitrogens is 1. The van der Waals surface area contributed by atoms with Crippen LogP contribution in [0.5, 0.6) is 0 Å². The Labute approximate surface area is 180 Å². The molecule has 31 heavy (non-hydrogen) atoms. The minimum atomic E-state index is -0.590. The Hall–Kier alpha value is -4.00. The number of hydrogen-bond acceptors (Lipinski definition) is 5. The number of imidazole rings is 1. The van der Waals surface area contributed by atoms with Crippen molar-refractivity contribution < 1.29 is 9.53 Å². The van der Waals surface area contributed by atoms with Gasteiger partial charge in [-0.2, -0.15) is 0 Å². The number of ether oxygens (including phenoxy) is 1. The first-order valence-corrected chi connectivity index (χ1v) is 9.90. The minimum absolute atomic E-state index is 0.527. The molecule has 3 heterocycles. The predicted octanol–water partition coefficient (Wildman–Crippen LogP) is 5.55. The normalized spacial score (nSPS) is 11.2. The van der Waals surface area contributed by atoms with Crippen LogP contribution in [0.1, 0.15) is 20.8 Å². The smallest absolute Gasteiger partial charge is 0.412 e. The van der Waals surface area contributed by atoms with Crippen LogP contribution in [0.3, 0.4) is 0 Å². The van der Waals surface area contributed by atoms with Crippen molar-refractivity contribution in [2.75, 3.05) is 5.32 Å². The second-order valence-corrected chi connectivity index (χ2v) is 7.99. The van der Waals surface area contributed by atoms with Crippen molar-refractivity contribution in [3.63, 3.8) is 0 Å². The zero-order valence-corrected chi connectivity index (χ0v) is 17.6. The van der Waals surface area contributed by atoms with E-state index >= 15 is 0 Å². The predicted molar refractivity (Wildman–Crippen MR) is 120 cm³/mol. The van der Waals surface area contributed by atoms with Gasteiger partial charge in [-0.15, -0.1) is 0 Å². The van der Waals surface area contributed by atoms with Crippen LogP contribution in [0.25, 0.3) is 33.9 Å². The highest BCUT2D eigenvalue weighted by atomic mass is 16.6. The maximum atomic E-state index is 12.2. The van der Waals surface area contributed by atoms with E-state index in [2.05, 4.69) is 25.3 Å². The Morgan fingerprint density at radius 1 is 0.968 bits per heavy atom. The van der Waals surface area contributed by atoms with E-state index in [1.165, 1.54) is 0 Å². The Kier molecular flexibility index (Phi) is 5.49. The van der Waals surface area contributed by atoms with Gasteiger partial charge >= 0.3 is 6.09 Å². The van der Waals surface area contributed by atoms with Crippen LogP contribution in [0.15, 0.2) is 73.3 Å². The third kappa shape index (κ3) is 4.95. The summed E-state index contributed by atoms with van der Waals surface area (Å²) in [5, 5.41) is 2.75. The number of pyridine rings is 2. The van der Waals surface area contributed by atoms with Gasteiger partial charge in [-0.05, 0) is 50.1 Å². The lowest BCUT2D eigenvalue weighted by Gasteiger charge is -2.20. The Bertz CT molecular complexity index is 1180. The third-order valence-electron chi connectivity index (χ3n) is 4.41. The first kappa shape index (κ1) is 20.3. The van der Waals surface area contributed by atoms with E-state index in [0.717, 1.165) is 22.4 Å².